The zero-order valence-corrected chi connectivity index (χ0v) is 12.1. The number of nitrogen functional groups attached to an aromatic ring is 1. The molecule has 8 heteroatoms. The van der Waals surface area contributed by atoms with Crippen molar-refractivity contribution in [1.82, 2.24) is 4.31 Å². The Morgan fingerprint density at radius 1 is 1.37 bits per heavy atom. The smallest absolute Gasteiger partial charge is 0.304 e. The van der Waals surface area contributed by atoms with E-state index < -0.39 is 10.2 Å². The molecule has 0 atom stereocenters. The van der Waals surface area contributed by atoms with Gasteiger partial charge in [-0.25, -0.2) is 0 Å². The summed E-state index contributed by atoms with van der Waals surface area (Å²) in [5.41, 5.74) is 6.55. The minimum Gasteiger partial charge on any atom is -0.397 e. The molecule has 1 aromatic rings. The van der Waals surface area contributed by atoms with E-state index in [2.05, 4.69) is 0 Å². The van der Waals surface area contributed by atoms with Crippen LogP contribution in [0.2, 0.25) is 5.02 Å². The largest absolute Gasteiger partial charge is 0.397 e. The maximum absolute atomic E-state index is 12.4. The van der Waals surface area contributed by atoms with Gasteiger partial charge in [0, 0.05) is 25.2 Å². The Labute approximate surface area is 117 Å². The van der Waals surface area contributed by atoms with Gasteiger partial charge in [-0.2, -0.15) is 12.7 Å². The normalized spacial score (nSPS) is 17.4. The fourth-order valence-electron chi connectivity index (χ4n) is 1.86. The molecule has 0 bridgehead atoms. The van der Waals surface area contributed by atoms with Crippen LogP contribution in [0, 0.1) is 0 Å². The summed E-state index contributed by atoms with van der Waals surface area (Å²) in [6, 6.07) is 4.74. The first-order valence-electron chi connectivity index (χ1n) is 5.79. The Bertz CT molecular complexity index is 558. The van der Waals surface area contributed by atoms with Crippen molar-refractivity contribution in [3.05, 3.63) is 23.2 Å². The first-order chi connectivity index (χ1) is 8.93. The van der Waals surface area contributed by atoms with E-state index in [4.69, 9.17) is 22.1 Å². The summed E-state index contributed by atoms with van der Waals surface area (Å²) in [5, 5.41) is 0.438. The van der Waals surface area contributed by atoms with E-state index in [1.807, 2.05) is 0 Å². The van der Waals surface area contributed by atoms with Gasteiger partial charge in [-0.15, -0.1) is 0 Å². The molecule has 1 aromatic carbocycles. The molecule has 19 heavy (non-hydrogen) atoms. The van der Waals surface area contributed by atoms with Gasteiger partial charge in [0.15, 0.2) is 0 Å². The van der Waals surface area contributed by atoms with Gasteiger partial charge in [0.1, 0.15) is 0 Å². The number of nitrogens with two attached hydrogens (primary N) is 1. The van der Waals surface area contributed by atoms with Crippen LogP contribution < -0.4 is 10.0 Å². The van der Waals surface area contributed by atoms with Gasteiger partial charge in [-0.05, 0) is 18.2 Å². The van der Waals surface area contributed by atoms with Gasteiger partial charge in [0.25, 0.3) is 0 Å². The summed E-state index contributed by atoms with van der Waals surface area (Å²) < 4.78 is 32.6. The maximum Gasteiger partial charge on any atom is 0.304 e. The summed E-state index contributed by atoms with van der Waals surface area (Å²) >= 11 is 5.89. The maximum atomic E-state index is 12.4. The lowest BCUT2D eigenvalue weighted by molar-refractivity contribution is 0.0730. The van der Waals surface area contributed by atoms with Crippen LogP contribution in [0.15, 0.2) is 18.2 Å². The van der Waals surface area contributed by atoms with Crippen molar-refractivity contribution in [3.63, 3.8) is 0 Å². The van der Waals surface area contributed by atoms with E-state index >= 15 is 0 Å². The molecule has 1 saturated heterocycles. The monoisotopic (exact) mass is 305 g/mol. The van der Waals surface area contributed by atoms with Crippen molar-refractivity contribution in [1.29, 1.82) is 0 Å². The van der Waals surface area contributed by atoms with E-state index in [1.165, 1.54) is 17.4 Å². The standard InChI is InChI=1S/C11H16ClN3O3S/c1-14(11-8-9(12)2-3-10(11)13)19(16,17)15-4-6-18-7-5-15/h2-3,8H,4-7,13H2,1H3. The second kappa shape index (κ2) is 5.54. The van der Waals surface area contributed by atoms with Gasteiger partial charge in [0.05, 0.1) is 24.6 Å². The third kappa shape index (κ3) is 2.94. The number of rotatable bonds is 3. The van der Waals surface area contributed by atoms with Crippen molar-refractivity contribution >= 4 is 33.2 Å². The molecule has 0 unspecified atom stereocenters. The first kappa shape index (κ1) is 14.4. The van der Waals surface area contributed by atoms with E-state index in [0.717, 1.165) is 4.31 Å². The predicted octanol–water partition coefficient (Wildman–Crippen LogP) is 0.935. The molecule has 6 nitrogen and oxygen atoms in total. The molecular formula is C11H16ClN3O3S. The fraction of sp³-hybridized carbons (Fsp3) is 0.455. The quantitative estimate of drug-likeness (QED) is 0.843. The Kier molecular flexibility index (Phi) is 4.19. The van der Waals surface area contributed by atoms with Gasteiger partial charge in [0.2, 0.25) is 0 Å². The number of benzene rings is 1. The average molecular weight is 306 g/mol. The van der Waals surface area contributed by atoms with E-state index in [0.29, 0.717) is 42.7 Å². The lowest BCUT2D eigenvalue weighted by Crippen LogP contribution is -2.47. The highest BCUT2D eigenvalue weighted by Crippen LogP contribution is 2.28. The van der Waals surface area contributed by atoms with Crippen molar-refractivity contribution in [2.45, 2.75) is 0 Å². The van der Waals surface area contributed by atoms with Crippen molar-refractivity contribution < 1.29 is 13.2 Å². The van der Waals surface area contributed by atoms with Crippen LogP contribution in [0.1, 0.15) is 0 Å². The van der Waals surface area contributed by atoms with Crippen LogP contribution in [0.25, 0.3) is 0 Å². The third-order valence-electron chi connectivity index (χ3n) is 2.97. The highest BCUT2D eigenvalue weighted by atomic mass is 35.5. The predicted molar refractivity (Wildman–Crippen MR) is 75.6 cm³/mol. The number of ether oxygens (including phenoxy) is 1. The van der Waals surface area contributed by atoms with Crippen molar-refractivity contribution in [3.8, 4) is 0 Å². The molecular weight excluding hydrogens is 290 g/mol. The minimum absolute atomic E-state index is 0.340. The molecule has 0 radical (unpaired) electrons. The van der Waals surface area contributed by atoms with Gasteiger partial charge in [-0.1, -0.05) is 11.6 Å². The summed E-state index contributed by atoms with van der Waals surface area (Å²) in [6.45, 7) is 1.48. The van der Waals surface area contributed by atoms with Crippen LogP contribution in [-0.2, 0) is 14.9 Å². The molecule has 1 fully saturated rings. The van der Waals surface area contributed by atoms with E-state index in [-0.39, 0.29) is 0 Å². The number of nitrogens with zero attached hydrogens (tertiary/aromatic N) is 2. The SMILES string of the molecule is CN(c1cc(Cl)ccc1N)S(=O)(=O)N1CCOCC1. The average Bonchev–Trinajstić information content (AvgIpc) is 2.41. The number of anilines is 2. The summed E-state index contributed by atoms with van der Waals surface area (Å²) in [7, 11) is -2.14. The third-order valence-corrected chi connectivity index (χ3v) is 5.12. The fourth-order valence-corrected chi connectivity index (χ4v) is 3.39. The Hall–Kier alpha value is -1.02. The lowest BCUT2D eigenvalue weighted by Gasteiger charge is -2.31. The summed E-state index contributed by atoms with van der Waals surface area (Å²) in [4.78, 5) is 0. The molecule has 2 rings (SSSR count). The molecule has 0 amide bonds. The van der Waals surface area contributed by atoms with E-state index in [1.54, 1.807) is 12.1 Å². The number of halogens is 1. The highest BCUT2D eigenvalue weighted by molar-refractivity contribution is 7.90. The minimum atomic E-state index is -3.61. The molecule has 1 aliphatic heterocycles. The van der Waals surface area contributed by atoms with Crippen molar-refractivity contribution in [2.24, 2.45) is 0 Å². The molecule has 1 aliphatic rings. The first-order valence-corrected chi connectivity index (χ1v) is 7.57. The van der Waals surface area contributed by atoms with Gasteiger partial charge < -0.3 is 10.5 Å². The lowest BCUT2D eigenvalue weighted by atomic mass is 10.3. The zero-order chi connectivity index (χ0) is 14.0. The second-order valence-electron chi connectivity index (χ2n) is 4.19. The highest BCUT2D eigenvalue weighted by Gasteiger charge is 2.29. The van der Waals surface area contributed by atoms with Crippen LogP contribution >= 0.6 is 11.6 Å². The summed E-state index contributed by atoms with van der Waals surface area (Å²) in [5.74, 6) is 0. The summed E-state index contributed by atoms with van der Waals surface area (Å²) in [6.07, 6.45) is 0. The molecule has 2 N–H and O–H groups in total. The van der Waals surface area contributed by atoms with Gasteiger partial charge >= 0.3 is 10.2 Å². The second-order valence-corrected chi connectivity index (χ2v) is 6.59. The molecule has 0 spiro atoms. The molecule has 1 heterocycles. The Morgan fingerprint density at radius 2 is 2.00 bits per heavy atom. The number of hydrogen-bond acceptors (Lipinski definition) is 4. The Morgan fingerprint density at radius 3 is 2.63 bits per heavy atom. The number of hydrogen-bond donors (Lipinski definition) is 1. The van der Waals surface area contributed by atoms with Crippen LogP contribution in [0.4, 0.5) is 11.4 Å². The number of morpholine rings is 1. The van der Waals surface area contributed by atoms with Crippen LogP contribution in [0.3, 0.4) is 0 Å². The van der Waals surface area contributed by atoms with E-state index in [9.17, 15) is 8.42 Å². The molecule has 0 aromatic heterocycles. The van der Waals surface area contributed by atoms with Gasteiger partial charge in [-0.3, -0.25) is 4.31 Å². The Balaban J connectivity index is 2.31. The van der Waals surface area contributed by atoms with Crippen LogP contribution in [-0.4, -0.2) is 46.1 Å². The topological polar surface area (TPSA) is 75.9 Å². The van der Waals surface area contributed by atoms with Crippen molar-refractivity contribution in [2.75, 3.05) is 43.4 Å². The molecule has 0 saturated carbocycles. The zero-order valence-electron chi connectivity index (χ0n) is 10.5. The molecule has 0 aliphatic carbocycles. The van der Waals surface area contributed by atoms with Crippen LogP contribution in [0.5, 0.6) is 0 Å². The molecule has 106 valence electrons.